The van der Waals surface area contributed by atoms with Crippen molar-refractivity contribution in [3.63, 3.8) is 0 Å². The van der Waals surface area contributed by atoms with E-state index >= 15 is 0 Å². The molecule has 0 aliphatic carbocycles. The van der Waals surface area contributed by atoms with Crippen LogP contribution in [0.15, 0.2) is 29.6 Å². The first-order chi connectivity index (χ1) is 10.1. The smallest absolute Gasteiger partial charge is 0.256 e. The normalized spacial score (nSPS) is 9.86. The number of amides is 1. The highest BCUT2D eigenvalue weighted by atomic mass is 35.5. The Morgan fingerprint density at radius 1 is 1.43 bits per heavy atom. The molecule has 0 radical (unpaired) electrons. The monoisotopic (exact) mass is 319 g/mol. The van der Waals surface area contributed by atoms with Gasteiger partial charge in [0.05, 0.1) is 27.8 Å². The molecule has 0 spiro atoms. The van der Waals surface area contributed by atoms with E-state index in [-0.39, 0.29) is 12.5 Å². The Balaban J connectivity index is 2.09. The Morgan fingerprint density at radius 3 is 2.95 bits per heavy atom. The van der Waals surface area contributed by atoms with Crippen molar-refractivity contribution in [3.05, 3.63) is 50.7 Å². The zero-order valence-electron chi connectivity index (χ0n) is 11.4. The van der Waals surface area contributed by atoms with E-state index in [0.717, 1.165) is 10.4 Å². The number of halogens is 1. The minimum atomic E-state index is -0.216. The molecule has 108 valence electrons. The van der Waals surface area contributed by atoms with Crippen LogP contribution < -0.4 is 5.32 Å². The fraction of sp³-hybridized carbons (Fsp3) is 0.188. The fourth-order valence-corrected chi connectivity index (χ4v) is 2.68. The van der Waals surface area contributed by atoms with Crippen molar-refractivity contribution in [1.82, 2.24) is 0 Å². The van der Waals surface area contributed by atoms with E-state index in [0.29, 0.717) is 22.7 Å². The van der Waals surface area contributed by atoms with Gasteiger partial charge in [0.1, 0.15) is 0 Å². The summed E-state index contributed by atoms with van der Waals surface area (Å²) in [5, 5.41) is 13.7. The molecule has 5 heteroatoms. The Kier molecular flexibility index (Phi) is 5.40. The van der Waals surface area contributed by atoms with Gasteiger partial charge in [-0.2, -0.15) is 0 Å². The molecule has 0 atom stereocenters. The number of aryl methyl sites for hydroxylation is 1. The molecule has 1 heterocycles. The highest BCUT2D eigenvalue weighted by Crippen LogP contribution is 2.24. The Hall–Kier alpha value is -1.80. The van der Waals surface area contributed by atoms with Crippen LogP contribution in [0.4, 0.5) is 5.69 Å². The summed E-state index contributed by atoms with van der Waals surface area (Å²) in [6.45, 7) is 1.98. The highest BCUT2D eigenvalue weighted by Gasteiger charge is 2.10. The predicted molar refractivity (Wildman–Crippen MR) is 87.0 cm³/mol. The molecule has 1 aromatic heterocycles. The molecule has 0 saturated carbocycles. The largest absolute Gasteiger partial charge is 0.395 e. The lowest BCUT2D eigenvalue weighted by atomic mass is 10.2. The summed E-state index contributed by atoms with van der Waals surface area (Å²) < 4.78 is 0. The summed E-state index contributed by atoms with van der Waals surface area (Å²) >= 11 is 7.49. The van der Waals surface area contributed by atoms with Crippen molar-refractivity contribution >= 4 is 34.5 Å². The summed E-state index contributed by atoms with van der Waals surface area (Å²) in [5.74, 6) is 5.52. The summed E-state index contributed by atoms with van der Waals surface area (Å²) in [6.07, 6.45) is 0.429. The summed E-state index contributed by atoms with van der Waals surface area (Å²) in [6, 6.07) is 7.20. The molecular weight excluding hydrogens is 306 g/mol. The summed E-state index contributed by atoms with van der Waals surface area (Å²) in [7, 11) is 0. The third kappa shape index (κ3) is 4.33. The van der Waals surface area contributed by atoms with E-state index in [1.165, 1.54) is 11.3 Å². The molecule has 0 bridgehead atoms. The number of thiophene rings is 1. The number of aliphatic hydroxyl groups is 1. The molecule has 0 aliphatic heterocycles. The van der Waals surface area contributed by atoms with Crippen LogP contribution in [-0.4, -0.2) is 17.6 Å². The molecule has 2 aromatic rings. The first kappa shape index (κ1) is 15.6. The predicted octanol–water partition coefficient (Wildman–Crippen LogP) is 3.70. The van der Waals surface area contributed by atoms with Gasteiger partial charge < -0.3 is 10.4 Å². The second kappa shape index (κ2) is 7.28. The minimum Gasteiger partial charge on any atom is -0.395 e. The minimum absolute atomic E-state index is 0.0393. The van der Waals surface area contributed by atoms with Crippen molar-refractivity contribution in [2.75, 3.05) is 11.9 Å². The fourth-order valence-electron chi connectivity index (χ4n) is 1.64. The number of hydrogen-bond donors (Lipinski definition) is 2. The van der Waals surface area contributed by atoms with Crippen molar-refractivity contribution in [2.45, 2.75) is 13.3 Å². The number of hydrogen-bond acceptors (Lipinski definition) is 3. The van der Waals surface area contributed by atoms with Crippen LogP contribution in [0.2, 0.25) is 5.02 Å². The van der Waals surface area contributed by atoms with Crippen LogP contribution >= 0.6 is 22.9 Å². The molecule has 2 rings (SSSR count). The van der Waals surface area contributed by atoms with Crippen LogP contribution in [0.5, 0.6) is 0 Å². The van der Waals surface area contributed by atoms with Crippen molar-refractivity contribution in [1.29, 1.82) is 0 Å². The lowest BCUT2D eigenvalue weighted by molar-refractivity contribution is 0.102. The van der Waals surface area contributed by atoms with Gasteiger partial charge >= 0.3 is 0 Å². The Morgan fingerprint density at radius 2 is 2.24 bits per heavy atom. The first-order valence-electron chi connectivity index (χ1n) is 6.36. The van der Waals surface area contributed by atoms with Gasteiger partial charge in [0.2, 0.25) is 0 Å². The van der Waals surface area contributed by atoms with Crippen molar-refractivity contribution in [3.8, 4) is 11.8 Å². The van der Waals surface area contributed by atoms with Crippen LogP contribution in [0, 0.1) is 18.8 Å². The third-order valence-corrected chi connectivity index (χ3v) is 3.84. The number of benzene rings is 1. The standard InChI is InChI=1S/C16H14ClNO2S/c1-11-5-6-15(14(17)8-11)18-16(20)12-9-13(21-10-12)4-2-3-7-19/h5-6,8-10,19H,3,7H2,1H3,(H,18,20). The highest BCUT2D eigenvalue weighted by molar-refractivity contribution is 7.10. The Labute approximate surface area is 132 Å². The third-order valence-electron chi connectivity index (χ3n) is 2.68. The van der Waals surface area contributed by atoms with Crippen LogP contribution in [-0.2, 0) is 0 Å². The average Bonchev–Trinajstić information content (AvgIpc) is 2.91. The van der Waals surface area contributed by atoms with E-state index < -0.39 is 0 Å². The number of carbonyl (C=O) groups is 1. The molecule has 1 amide bonds. The molecular formula is C16H14ClNO2S. The van der Waals surface area contributed by atoms with Crippen LogP contribution in [0.1, 0.15) is 27.2 Å². The lowest BCUT2D eigenvalue weighted by Crippen LogP contribution is -2.11. The molecule has 2 N–H and O–H groups in total. The number of carbonyl (C=O) groups excluding carboxylic acids is 1. The second-order valence-electron chi connectivity index (χ2n) is 4.41. The van der Waals surface area contributed by atoms with Crippen LogP contribution in [0.25, 0.3) is 0 Å². The molecule has 0 saturated heterocycles. The van der Waals surface area contributed by atoms with Gasteiger partial charge in [-0.15, -0.1) is 11.3 Å². The van der Waals surface area contributed by atoms with Crippen molar-refractivity contribution < 1.29 is 9.90 Å². The van der Waals surface area contributed by atoms with Gasteiger partial charge in [-0.1, -0.05) is 29.5 Å². The second-order valence-corrected chi connectivity index (χ2v) is 5.73. The summed E-state index contributed by atoms with van der Waals surface area (Å²) in [4.78, 5) is 12.9. The van der Waals surface area contributed by atoms with E-state index in [9.17, 15) is 4.79 Å². The quantitative estimate of drug-likeness (QED) is 0.848. The van der Waals surface area contributed by atoms with E-state index in [1.54, 1.807) is 23.6 Å². The molecule has 3 nitrogen and oxygen atoms in total. The molecule has 0 unspecified atom stereocenters. The maximum absolute atomic E-state index is 12.1. The summed E-state index contributed by atoms with van der Waals surface area (Å²) in [5.41, 5.74) is 2.17. The molecule has 0 aliphatic rings. The number of nitrogens with one attached hydrogen (secondary N) is 1. The van der Waals surface area contributed by atoms with Gasteiger partial charge in [0.25, 0.3) is 5.91 Å². The van der Waals surface area contributed by atoms with E-state index in [4.69, 9.17) is 16.7 Å². The van der Waals surface area contributed by atoms with E-state index in [2.05, 4.69) is 17.2 Å². The maximum atomic E-state index is 12.1. The van der Waals surface area contributed by atoms with Gasteiger partial charge in [-0.25, -0.2) is 0 Å². The van der Waals surface area contributed by atoms with Crippen molar-refractivity contribution in [2.24, 2.45) is 0 Å². The first-order valence-corrected chi connectivity index (χ1v) is 7.61. The van der Waals surface area contributed by atoms with Gasteiger partial charge in [0, 0.05) is 11.8 Å². The van der Waals surface area contributed by atoms with Gasteiger partial charge in [-0.3, -0.25) is 4.79 Å². The van der Waals surface area contributed by atoms with E-state index in [1.807, 2.05) is 13.0 Å². The lowest BCUT2D eigenvalue weighted by Gasteiger charge is -2.06. The average molecular weight is 320 g/mol. The maximum Gasteiger partial charge on any atom is 0.256 e. The number of anilines is 1. The SMILES string of the molecule is Cc1ccc(NC(=O)c2csc(C#CCCO)c2)c(Cl)c1. The topological polar surface area (TPSA) is 49.3 Å². The molecule has 21 heavy (non-hydrogen) atoms. The number of rotatable bonds is 3. The number of aliphatic hydroxyl groups excluding tert-OH is 1. The van der Waals surface area contributed by atoms with Crippen LogP contribution in [0.3, 0.4) is 0 Å². The molecule has 1 aromatic carbocycles. The zero-order valence-corrected chi connectivity index (χ0v) is 13.0. The Bertz CT molecular complexity index is 713. The molecule has 0 fully saturated rings. The zero-order chi connectivity index (χ0) is 15.2. The van der Waals surface area contributed by atoms with Gasteiger partial charge in [0.15, 0.2) is 0 Å². The van der Waals surface area contributed by atoms with Gasteiger partial charge in [-0.05, 0) is 30.7 Å².